The number of carboxylic acids is 1. The number of pyridine rings is 1. The number of benzene rings is 1. The molecule has 1 aromatic carbocycles. The van der Waals surface area contributed by atoms with E-state index in [1.807, 2.05) is 0 Å². The maximum atomic E-state index is 13.1. The molecule has 0 unspecified atom stereocenters. The molecule has 0 radical (unpaired) electrons. The molecule has 2 N–H and O–H groups in total. The average Bonchev–Trinajstić information content (AvgIpc) is 3.15. The Kier molecular flexibility index (Phi) is 5.59. The van der Waals surface area contributed by atoms with Crippen LogP contribution in [0.5, 0.6) is 0 Å². The summed E-state index contributed by atoms with van der Waals surface area (Å²) >= 11 is 0. The van der Waals surface area contributed by atoms with Gasteiger partial charge in [0.25, 0.3) is 0 Å². The topological polar surface area (TPSA) is 107 Å². The predicted octanol–water partition coefficient (Wildman–Crippen LogP) is 2.72. The number of nitrogens with one attached hydrogen (secondary N) is 1. The zero-order valence-corrected chi connectivity index (χ0v) is 17.4. The molecule has 4 rings (SSSR count). The van der Waals surface area contributed by atoms with Crippen molar-refractivity contribution in [2.45, 2.75) is 17.5 Å². The number of H-pyrrole nitrogens is 1. The number of hydrogen-bond acceptors (Lipinski definition) is 5. The molecule has 170 valence electrons. The lowest BCUT2D eigenvalue weighted by Crippen LogP contribution is -2.48. The van der Waals surface area contributed by atoms with Gasteiger partial charge in [-0.25, -0.2) is 13.4 Å². The van der Waals surface area contributed by atoms with Gasteiger partial charge in [-0.3, -0.25) is 4.79 Å². The van der Waals surface area contributed by atoms with Crippen LogP contribution in [0.3, 0.4) is 0 Å². The molecule has 1 aliphatic heterocycles. The van der Waals surface area contributed by atoms with E-state index in [0.29, 0.717) is 22.3 Å². The molecule has 12 heteroatoms. The molecule has 0 spiro atoms. The lowest BCUT2D eigenvalue weighted by Gasteiger charge is -2.34. The van der Waals surface area contributed by atoms with Crippen LogP contribution in [0.25, 0.3) is 10.9 Å². The van der Waals surface area contributed by atoms with E-state index in [4.69, 9.17) is 5.11 Å². The fraction of sp³-hybridized carbons (Fsp3) is 0.300. The number of alkyl halides is 3. The zero-order chi connectivity index (χ0) is 23.1. The van der Waals surface area contributed by atoms with E-state index in [1.165, 1.54) is 22.5 Å². The lowest BCUT2D eigenvalue weighted by molar-refractivity contribution is -0.138. The lowest BCUT2D eigenvalue weighted by atomic mass is 10.1. The van der Waals surface area contributed by atoms with Crippen molar-refractivity contribution in [3.63, 3.8) is 0 Å². The molecule has 0 amide bonds. The molecular formula is C20H19F3N4O4S. The number of aromatic nitrogens is 2. The maximum absolute atomic E-state index is 13.1. The highest BCUT2D eigenvalue weighted by Gasteiger charge is 2.32. The molecule has 0 aliphatic carbocycles. The number of carboxylic acid groups (broad SMARTS) is 1. The number of carbonyl (C=O) groups is 1. The summed E-state index contributed by atoms with van der Waals surface area (Å²) in [6, 6.07) is 6.74. The number of halogens is 3. The Morgan fingerprint density at radius 1 is 1.12 bits per heavy atom. The number of hydrogen-bond donors (Lipinski definition) is 2. The molecule has 3 heterocycles. The third-order valence-corrected chi connectivity index (χ3v) is 7.25. The van der Waals surface area contributed by atoms with Crippen molar-refractivity contribution in [1.82, 2.24) is 14.3 Å². The van der Waals surface area contributed by atoms with E-state index in [2.05, 4.69) is 9.97 Å². The SMILES string of the molecule is O=C(O)Cc1c[nH]c2ccc(S(=O)(=O)N3CCN(c4ccc(C(F)(F)F)cn4)CC3)cc12. The van der Waals surface area contributed by atoms with Gasteiger partial charge in [0.15, 0.2) is 0 Å². The highest BCUT2D eigenvalue weighted by Crippen LogP contribution is 2.30. The average molecular weight is 468 g/mol. The quantitative estimate of drug-likeness (QED) is 0.597. The summed E-state index contributed by atoms with van der Waals surface area (Å²) in [6.45, 7) is 0.818. The van der Waals surface area contributed by atoms with Crippen LogP contribution in [0.4, 0.5) is 19.0 Å². The standard InChI is InChI=1S/C20H19F3N4O4S/c21-20(22,23)14-1-4-18(25-12-14)26-5-7-27(8-6-26)32(30,31)15-2-3-17-16(10-15)13(11-24-17)9-19(28)29/h1-4,10-12,24H,5-9H2,(H,28,29). The Morgan fingerprint density at radius 2 is 1.84 bits per heavy atom. The van der Waals surface area contributed by atoms with Crippen LogP contribution in [-0.4, -0.2) is 59.9 Å². The van der Waals surface area contributed by atoms with Crippen molar-refractivity contribution < 1.29 is 31.5 Å². The predicted molar refractivity (Wildman–Crippen MR) is 110 cm³/mol. The molecule has 1 aliphatic rings. The van der Waals surface area contributed by atoms with Crippen molar-refractivity contribution in [2.75, 3.05) is 31.1 Å². The summed E-state index contributed by atoms with van der Waals surface area (Å²) in [4.78, 5) is 19.6. The summed E-state index contributed by atoms with van der Waals surface area (Å²) in [5.74, 6) is -0.672. The van der Waals surface area contributed by atoms with E-state index in [9.17, 15) is 26.4 Å². The summed E-state index contributed by atoms with van der Waals surface area (Å²) in [5, 5.41) is 9.57. The van der Waals surface area contributed by atoms with E-state index in [-0.39, 0.29) is 37.5 Å². The van der Waals surface area contributed by atoms with Crippen molar-refractivity contribution in [1.29, 1.82) is 0 Å². The van der Waals surface area contributed by atoms with Gasteiger partial charge in [-0.2, -0.15) is 17.5 Å². The summed E-state index contributed by atoms with van der Waals surface area (Å²) in [6.07, 6.45) is -2.39. The summed E-state index contributed by atoms with van der Waals surface area (Å²) in [7, 11) is -3.83. The van der Waals surface area contributed by atoms with Crippen molar-refractivity contribution in [3.05, 3.63) is 53.9 Å². The van der Waals surface area contributed by atoms with Crippen LogP contribution in [0.2, 0.25) is 0 Å². The fourth-order valence-corrected chi connectivity index (χ4v) is 5.12. The molecule has 3 aromatic rings. The molecule has 1 saturated heterocycles. The monoisotopic (exact) mass is 468 g/mol. The van der Waals surface area contributed by atoms with Gasteiger partial charge in [0, 0.05) is 49.5 Å². The number of fused-ring (bicyclic) bond motifs is 1. The van der Waals surface area contributed by atoms with Gasteiger partial charge in [0.1, 0.15) is 5.82 Å². The van der Waals surface area contributed by atoms with Gasteiger partial charge in [-0.1, -0.05) is 0 Å². The molecule has 0 bridgehead atoms. The van der Waals surface area contributed by atoms with Gasteiger partial charge < -0.3 is 15.0 Å². The normalized spacial score (nSPS) is 15.9. The van der Waals surface area contributed by atoms with Crippen LogP contribution in [0.1, 0.15) is 11.1 Å². The number of rotatable bonds is 5. The molecule has 1 fully saturated rings. The number of sulfonamides is 1. The zero-order valence-electron chi connectivity index (χ0n) is 16.6. The second-order valence-corrected chi connectivity index (χ2v) is 9.32. The number of aromatic amines is 1. The third-order valence-electron chi connectivity index (χ3n) is 5.36. The van der Waals surface area contributed by atoms with E-state index < -0.39 is 27.7 Å². The van der Waals surface area contributed by atoms with Crippen molar-refractivity contribution in [2.24, 2.45) is 0 Å². The Hall–Kier alpha value is -3.12. The first-order valence-corrected chi connectivity index (χ1v) is 11.1. The third kappa shape index (κ3) is 4.28. The van der Waals surface area contributed by atoms with Crippen molar-refractivity contribution >= 4 is 32.7 Å². The van der Waals surface area contributed by atoms with Crippen LogP contribution in [0.15, 0.2) is 47.6 Å². The van der Waals surface area contributed by atoms with E-state index in [1.54, 1.807) is 17.2 Å². The van der Waals surface area contributed by atoms with E-state index >= 15 is 0 Å². The minimum Gasteiger partial charge on any atom is -0.481 e. The second kappa shape index (κ2) is 8.10. The van der Waals surface area contributed by atoms with Gasteiger partial charge in [0.05, 0.1) is 16.9 Å². The van der Waals surface area contributed by atoms with Crippen LogP contribution >= 0.6 is 0 Å². The Bertz CT molecular complexity index is 1250. The second-order valence-electron chi connectivity index (χ2n) is 7.39. The molecular weight excluding hydrogens is 449 g/mol. The first-order chi connectivity index (χ1) is 15.1. The Labute approximate surface area is 181 Å². The summed E-state index contributed by atoms with van der Waals surface area (Å²) < 4.78 is 65.7. The van der Waals surface area contributed by atoms with Crippen LogP contribution in [0, 0.1) is 0 Å². The Balaban J connectivity index is 1.50. The number of piperazine rings is 1. The minimum absolute atomic E-state index is 0.0531. The smallest absolute Gasteiger partial charge is 0.417 e. The van der Waals surface area contributed by atoms with Gasteiger partial charge in [0.2, 0.25) is 10.0 Å². The summed E-state index contributed by atoms with van der Waals surface area (Å²) in [5.41, 5.74) is 0.283. The largest absolute Gasteiger partial charge is 0.481 e. The Morgan fingerprint density at radius 3 is 2.44 bits per heavy atom. The van der Waals surface area contributed by atoms with E-state index in [0.717, 1.165) is 12.3 Å². The number of anilines is 1. The number of nitrogens with zero attached hydrogens (tertiary/aromatic N) is 3. The van der Waals surface area contributed by atoms with Crippen LogP contribution in [-0.2, 0) is 27.4 Å². The fourth-order valence-electron chi connectivity index (χ4n) is 3.67. The molecule has 2 aromatic heterocycles. The van der Waals surface area contributed by atoms with Gasteiger partial charge >= 0.3 is 12.1 Å². The number of aliphatic carboxylic acids is 1. The first-order valence-electron chi connectivity index (χ1n) is 9.66. The molecule has 0 saturated carbocycles. The highest BCUT2D eigenvalue weighted by molar-refractivity contribution is 7.89. The molecule has 8 nitrogen and oxygen atoms in total. The maximum Gasteiger partial charge on any atom is 0.417 e. The van der Waals surface area contributed by atoms with Crippen LogP contribution < -0.4 is 4.90 Å². The van der Waals surface area contributed by atoms with Crippen molar-refractivity contribution in [3.8, 4) is 0 Å². The molecule has 32 heavy (non-hydrogen) atoms. The van der Waals surface area contributed by atoms with Gasteiger partial charge in [-0.05, 0) is 35.9 Å². The molecule has 0 atom stereocenters. The first kappa shape index (κ1) is 22.1. The minimum atomic E-state index is -4.47. The van der Waals surface area contributed by atoms with Gasteiger partial charge in [-0.15, -0.1) is 0 Å². The highest BCUT2D eigenvalue weighted by atomic mass is 32.2.